The van der Waals surface area contributed by atoms with E-state index in [0.29, 0.717) is 31.3 Å². The quantitative estimate of drug-likeness (QED) is 0.436. The number of ether oxygens (including phenoxy) is 1. The number of hydrogen-bond acceptors (Lipinski definition) is 4. The van der Waals surface area contributed by atoms with Crippen molar-refractivity contribution in [1.82, 2.24) is 19.8 Å². The minimum absolute atomic E-state index is 0.0699. The fraction of sp³-hybridized carbons (Fsp3) is 0.429. The van der Waals surface area contributed by atoms with Crippen molar-refractivity contribution in [3.8, 4) is 11.3 Å². The summed E-state index contributed by atoms with van der Waals surface area (Å²) < 4.78 is 51.0. The van der Waals surface area contributed by atoms with Crippen LogP contribution in [0.2, 0.25) is 0 Å². The van der Waals surface area contributed by atoms with E-state index in [0.717, 1.165) is 41.5 Å². The normalized spacial score (nSPS) is 21.1. The van der Waals surface area contributed by atoms with Crippen LogP contribution in [0.5, 0.6) is 0 Å². The summed E-state index contributed by atoms with van der Waals surface area (Å²) in [4.78, 5) is 17.3. The Labute approximate surface area is 219 Å². The van der Waals surface area contributed by atoms with Crippen molar-refractivity contribution in [2.24, 2.45) is 11.8 Å². The van der Waals surface area contributed by atoms with E-state index < -0.39 is 29.8 Å². The zero-order valence-corrected chi connectivity index (χ0v) is 20.9. The molecule has 0 bridgehead atoms. The third kappa shape index (κ3) is 5.86. The van der Waals surface area contributed by atoms with Crippen LogP contribution in [0.3, 0.4) is 0 Å². The molecule has 2 fully saturated rings. The van der Waals surface area contributed by atoms with Gasteiger partial charge in [0.1, 0.15) is 23.6 Å². The summed E-state index contributed by atoms with van der Waals surface area (Å²) in [5.41, 5.74) is 1.40. The summed E-state index contributed by atoms with van der Waals surface area (Å²) in [6, 6.07) is 12.7. The van der Waals surface area contributed by atoms with Crippen molar-refractivity contribution in [1.29, 1.82) is 0 Å². The van der Waals surface area contributed by atoms with Gasteiger partial charge in [0, 0.05) is 50.5 Å². The SMILES string of the molecule is O=C(O)N1CC(F)C(CNC(c2nc(-c3cc(F)ccc3F)cn2Cc2ccccc2)C2CCOCC2)C1. The Morgan fingerprint density at radius 2 is 1.89 bits per heavy atom. The lowest BCUT2D eigenvalue weighted by atomic mass is 9.90. The third-order valence-electron chi connectivity index (χ3n) is 7.45. The maximum atomic E-state index is 14.7. The van der Waals surface area contributed by atoms with Crippen molar-refractivity contribution in [2.45, 2.75) is 31.6 Å². The molecule has 10 heteroatoms. The van der Waals surface area contributed by atoms with Gasteiger partial charge in [-0.25, -0.2) is 22.9 Å². The van der Waals surface area contributed by atoms with Crippen molar-refractivity contribution in [3.63, 3.8) is 0 Å². The first-order chi connectivity index (χ1) is 18.4. The Bertz CT molecular complexity index is 1250. The van der Waals surface area contributed by atoms with Crippen LogP contribution in [0.4, 0.5) is 18.0 Å². The second kappa shape index (κ2) is 11.6. The molecule has 3 unspecified atom stereocenters. The summed E-state index contributed by atoms with van der Waals surface area (Å²) >= 11 is 0. The van der Waals surface area contributed by atoms with Crippen molar-refractivity contribution >= 4 is 6.09 Å². The molecule has 5 rings (SSSR count). The monoisotopic (exact) mass is 528 g/mol. The molecule has 38 heavy (non-hydrogen) atoms. The largest absolute Gasteiger partial charge is 0.465 e. The number of hydrogen-bond donors (Lipinski definition) is 2. The Hall–Kier alpha value is -3.37. The predicted molar refractivity (Wildman–Crippen MR) is 135 cm³/mol. The Kier molecular flexibility index (Phi) is 7.99. The summed E-state index contributed by atoms with van der Waals surface area (Å²) in [6.07, 6.45) is 0.842. The van der Waals surface area contributed by atoms with Crippen LogP contribution in [0.15, 0.2) is 54.7 Å². The fourth-order valence-corrected chi connectivity index (χ4v) is 5.39. The highest BCUT2D eigenvalue weighted by Crippen LogP contribution is 2.33. The van der Waals surface area contributed by atoms with E-state index in [9.17, 15) is 23.1 Å². The highest BCUT2D eigenvalue weighted by Gasteiger charge is 2.37. The summed E-state index contributed by atoms with van der Waals surface area (Å²) in [6.45, 7) is 1.85. The van der Waals surface area contributed by atoms with Gasteiger partial charge in [-0.15, -0.1) is 0 Å². The van der Waals surface area contributed by atoms with E-state index in [1.54, 1.807) is 6.20 Å². The molecule has 7 nitrogen and oxygen atoms in total. The lowest BCUT2D eigenvalue weighted by Gasteiger charge is -2.32. The molecule has 3 heterocycles. The zero-order valence-electron chi connectivity index (χ0n) is 20.9. The van der Waals surface area contributed by atoms with Crippen LogP contribution in [-0.4, -0.2) is 64.7 Å². The molecule has 0 saturated carbocycles. The van der Waals surface area contributed by atoms with E-state index in [2.05, 4.69) is 5.32 Å². The Balaban J connectivity index is 1.50. The third-order valence-corrected chi connectivity index (χ3v) is 7.45. The van der Waals surface area contributed by atoms with Crippen LogP contribution in [0, 0.1) is 23.5 Å². The van der Waals surface area contributed by atoms with E-state index in [1.165, 1.54) is 0 Å². The average molecular weight is 529 g/mol. The smallest absolute Gasteiger partial charge is 0.407 e. The van der Waals surface area contributed by atoms with Crippen LogP contribution in [0.1, 0.15) is 30.3 Å². The molecular formula is C28H31F3N4O3. The molecule has 1 aromatic heterocycles. The number of rotatable bonds is 8. The first-order valence-corrected chi connectivity index (χ1v) is 12.9. The number of likely N-dealkylation sites (tertiary alicyclic amines) is 1. The number of benzene rings is 2. The molecule has 0 radical (unpaired) electrons. The molecule has 0 aliphatic carbocycles. The van der Waals surface area contributed by atoms with Gasteiger partial charge in [0.25, 0.3) is 0 Å². The maximum Gasteiger partial charge on any atom is 0.407 e. The molecule has 2 saturated heterocycles. The van der Waals surface area contributed by atoms with Gasteiger partial charge in [-0.05, 0) is 42.5 Å². The van der Waals surface area contributed by atoms with Crippen molar-refractivity contribution in [3.05, 3.63) is 77.8 Å². The average Bonchev–Trinajstić information content (AvgIpc) is 3.50. The highest BCUT2D eigenvalue weighted by atomic mass is 19.1. The second-order valence-electron chi connectivity index (χ2n) is 10.0. The number of amides is 1. The number of halogens is 3. The van der Waals surface area contributed by atoms with Crippen molar-refractivity contribution in [2.75, 3.05) is 32.8 Å². The maximum absolute atomic E-state index is 14.7. The lowest BCUT2D eigenvalue weighted by molar-refractivity contribution is 0.0510. The van der Waals surface area contributed by atoms with Gasteiger partial charge in [-0.1, -0.05) is 30.3 Å². The van der Waals surface area contributed by atoms with Gasteiger partial charge in [0.15, 0.2) is 0 Å². The molecule has 2 aliphatic rings. The van der Waals surface area contributed by atoms with Gasteiger partial charge in [-0.3, -0.25) is 0 Å². The zero-order chi connectivity index (χ0) is 26.6. The van der Waals surface area contributed by atoms with Crippen LogP contribution in [-0.2, 0) is 11.3 Å². The molecule has 3 atom stereocenters. The number of nitrogens with one attached hydrogen (secondary N) is 1. The van der Waals surface area contributed by atoms with E-state index in [4.69, 9.17) is 9.72 Å². The number of nitrogens with zero attached hydrogens (tertiary/aromatic N) is 3. The summed E-state index contributed by atoms with van der Waals surface area (Å²) in [5.74, 6) is -0.870. The van der Waals surface area contributed by atoms with E-state index >= 15 is 0 Å². The predicted octanol–water partition coefficient (Wildman–Crippen LogP) is 4.88. The van der Waals surface area contributed by atoms with E-state index in [1.807, 2.05) is 34.9 Å². The second-order valence-corrected chi connectivity index (χ2v) is 10.0. The molecular weight excluding hydrogens is 497 g/mol. The minimum Gasteiger partial charge on any atom is -0.465 e. The Morgan fingerprint density at radius 1 is 1.13 bits per heavy atom. The Morgan fingerprint density at radius 3 is 2.61 bits per heavy atom. The molecule has 1 amide bonds. The number of carboxylic acid groups (broad SMARTS) is 1. The number of imidazole rings is 1. The molecule has 2 N–H and O–H groups in total. The standard InChI is InChI=1S/C28H31F3N4O3/c29-21-6-7-23(30)22(12-21)25-17-34(14-18-4-2-1-3-5-18)27(33-25)26(19-8-10-38-11-9-19)32-13-20-15-35(28(36)37)16-24(20)31/h1-7,12,17,19-20,24,26,32H,8-11,13-16H2,(H,36,37). The lowest BCUT2D eigenvalue weighted by Crippen LogP contribution is -2.38. The minimum atomic E-state index is -1.27. The summed E-state index contributed by atoms with van der Waals surface area (Å²) in [7, 11) is 0. The van der Waals surface area contributed by atoms with Crippen molar-refractivity contribution < 1.29 is 27.8 Å². The van der Waals surface area contributed by atoms with Gasteiger partial charge in [0.05, 0.1) is 18.3 Å². The molecule has 202 valence electrons. The fourth-order valence-electron chi connectivity index (χ4n) is 5.39. The molecule has 2 aliphatic heterocycles. The van der Waals surface area contributed by atoms with Gasteiger partial charge >= 0.3 is 6.09 Å². The van der Waals surface area contributed by atoms with Crippen LogP contribution >= 0.6 is 0 Å². The van der Waals surface area contributed by atoms with Crippen LogP contribution < -0.4 is 5.32 Å². The van der Waals surface area contributed by atoms with Crippen LogP contribution in [0.25, 0.3) is 11.3 Å². The number of aromatic nitrogens is 2. The van der Waals surface area contributed by atoms with Gasteiger partial charge in [-0.2, -0.15) is 0 Å². The number of alkyl halides is 1. The first-order valence-electron chi connectivity index (χ1n) is 12.9. The van der Waals surface area contributed by atoms with Gasteiger partial charge in [0.2, 0.25) is 0 Å². The first kappa shape index (κ1) is 26.2. The van der Waals surface area contributed by atoms with E-state index in [-0.39, 0.29) is 37.2 Å². The summed E-state index contributed by atoms with van der Waals surface area (Å²) in [5, 5.41) is 12.8. The molecule has 0 spiro atoms. The van der Waals surface area contributed by atoms with Gasteiger partial charge < -0.3 is 24.6 Å². The molecule has 2 aromatic carbocycles. The highest BCUT2D eigenvalue weighted by molar-refractivity contribution is 5.65. The topological polar surface area (TPSA) is 79.6 Å². The molecule has 3 aromatic rings. The number of carbonyl (C=O) groups is 1.